The van der Waals surface area contributed by atoms with Gasteiger partial charge in [-0.3, -0.25) is 0 Å². The molecule has 4 rings (SSSR count). The van der Waals surface area contributed by atoms with E-state index in [0.717, 1.165) is 22.6 Å². The first kappa shape index (κ1) is 17.3. The number of allylic oxidation sites excluding steroid dienone is 1. The highest BCUT2D eigenvalue weighted by atomic mass is 35.5. The molecule has 2 heterocycles. The van der Waals surface area contributed by atoms with Crippen LogP contribution in [0, 0.1) is 0 Å². The van der Waals surface area contributed by atoms with Gasteiger partial charge in [0.05, 0.1) is 17.5 Å². The number of hydrogen-bond acceptors (Lipinski definition) is 4. The molecule has 134 valence electrons. The number of aliphatic hydroxyl groups excluding tert-OH is 1. The maximum absolute atomic E-state index is 9.87. The molecule has 0 bridgehead atoms. The summed E-state index contributed by atoms with van der Waals surface area (Å²) >= 11 is 12.2. The van der Waals surface area contributed by atoms with Crippen molar-refractivity contribution in [3.05, 3.63) is 75.5 Å². The number of benzene rings is 2. The molecule has 0 saturated carbocycles. The minimum atomic E-state index is -0.890. The van der Waals surface area contributed by atoms with Crippen LogP contribution >= 0.6 is 23.2 Å². The zero-order valence-corrected chi connectivity index (χ0v) is 15.9. The first-order valence-electron chi connectivity index (χ1n) is 8.35. The number of hydrogen-bond donors (Lipinski definition) is 1. The molecule has 0 radical (unpaired) electrons. The third-order valence-electron chi connectivity index (χ3n) is 4.67. The van der Waals surface area contributed by atoms with E-state index in [-0.39, 0.29) is 11.8 Å². The van der Waals surface area contributed by atoms with Crippen molar-refractivity contribution in [2.24, 2.45) is 5.10 Å². The molecule has 2 unspecified atom stereocenters. The minimum absolute atomic E-state index is 0.0243. The minimum Gasteiger partial charge on any atom is -0.513 e. The van der Waals surface area contributed by atoms with E-state index in [1.807, 2.05) is 54.4 Å². The van der Waals surface area contributed by atoms with E-state index in [2.05, 4.69) is 0 Å². The zero-order chi connectivity index (χ0) is 18.5. The van der Waals surface area contributed by atoms with Crippen LogP contribution in [-0.2, 0) is 0 Å². The lowest BCUT2D eigenvalue weighted by molar-refractivity contribution is -0.0697. The van der Waals surface area contributed by atoms with Crippen molar-refractivity contribution in [2.75, 3.05) is 0 Å². The summed E-state index contributed by atoms with van der Waals surface area (Å²) in [4.78, 5) is 0. The predicted molar refractivity (Wildman–Crippen MR) is 104 cm³/mol. The summed E-state index contributed by atoms with van der Waals surface area (Å²) in [5.41, 5.74) is 2.06. The van der Waals surface area contributed by atoms with Crippen LogP contribution in [0.4, 0.5) is 0 Å². The lowest BCUT2D eigenvalue weighted by Crippen LogP contribution is -2.50. The van der Waals surface area contributed by atoms with E-state index in [0.29, 0.717) is 16.5 Å². The van der Waals surface area contributed by atoms with E-state index >= 15 is 0 Å². The Morgan fingerprint density at radius 2 is 1.92 bits per heavy atom. The number of ether oxygens (including phenoxy) is 1. The van der Waals surface area contributed by atoms with Crippen molar-refractivity contribution < 1.29 is 9.84 Å². The summed E-state index contributed by atoms with van der Waals surface area (Å²) in [6, 6.07) is 13.2. The number of nitrogens with zero attached hydrogens (tertiary/aromatic N) is 2. The van der Waals surface area contributed by atoms with Crippen molar-refractivity contribution in [1.82, 2.24) is 5.01 Å². The van der Waals surface area contributed by atoms with Crippen molar-refractivity contribution in [2.45, 2.75) is 32.0 Å². The predicted octanol–water partition coefficient (Wildman–Crippen LogP) is 5.71. The quantitative estimate of drug-likeness (QED) is 0.669. The average molecular weight is 389 g/mol. The molecule has 0 spiro atoms. The Bertz CT molecular complexity index is 920. The van der Waals surface area contributed by atoms with Crippen LogP contribution in [0.5, 0.6) is 5.75 Å². The van der Waals surface area contributed by atoms with Gasteiger partial charge in [0.25, 0.3) is 0 Å². The Hall–Kier alpha value is -2.17. The fourth-order valence-corrected chi connectivity index (χ4v) is 3.91. The number of hydrazone groups is 1. The van der Waals surface area contributed by atoms with E-state index < -0.39 is 5.72 Å². The fraction of sp³-hybridized carbons (Fsp3) is 0.250. The Balaban J connectivity index is 1.82. The molecule has 2 atom stereocenters. The monoisotopic (exact) mass is 388 g/mol. The molecule has 2 aromatic rings. The van der Waals surface area contributed by atoms with Crippen LogP contribution in [0.1, 0.15) is 37.4 Å². The summed E-state index contributed by atoms with van der Waals surface area (Å²) < 4.78 is 6.21. The third kappa shape index (κ3) is 2.93. The second kappa shape index (κ2) is 6.22. The lowest BCUT2D eigenvalue weighted by atomic mass is 9.94. The topological polar surface area (TPSA) is 45.1 Å². The van der Waals surface area contributed by atoms with Crippen LogP contribution in [-0.4, -0.2) is 21.6 Å². The molecule has 26 heavy (non-hydrogen) atoms. The van der Waals surface area contributed by atoms with E-state index in [1.165, 1.54) is 0 Å². The normalized spacial score (nSPS) is 24.6. The first-order chi connectivity index (χ1) is 12.4. The van der Waals surface area contributed by atoms with Gasteiger partial charge in [0.15, 0.2) is 0 Å². The highest BCUT2D eigenvalue weighted by Crippen LogP contribution is 2.48. The Labute approximate surface area is 162 Å². The van der Waals surface area contributed by atoms with Gasteiger partial charge in [0, 0.05) is 35.0 Å². The number of aliphatic hydroxyl groups is 1. The van der Waals surface area contributed by atoms with Crippen molar-refractivity contribution >= 4 is 28.9 Å². The van der Waals surface area contributed by atoms with Crippen LogP contribution in [0.15, 0.2) is 59.4 Å². The van der Waals surface area contributed by atoms with Gasteiger partial charge in [0.2, 0.25) is 5.72 Å². The highest BCUT2D eigenvalue weighted by molar-refractivity contribution is 6.31. The molecule has 0 fully saturated rings. The Morgan fingerprint density at radius 3 is 2.62 bits per heavy atom. The van der Waals surface area contributed by atoms with Crippen molar-refractivity contribution in [3.8, 4) is 5.75 Å². The van der Waals surface area contributed by atoms with Gasteiger partial charge in [-0.05, 0) is 42.8 Å². The molecule has 0 saturated heterocycles. The second-order valence-corrected chi connectivity index (χ2v) is 7.62. The molecule has 2 aromatic carbocycles. The van der Waals surface area contributed by atoms with Gasteiger partial charge in [-0.1, -0.05) is 35.3 Å². The SMILES string of the molecule is CC(O)=CC1(C)Oc2ccc(Cl)cc2C2CC(c3ccc(Cl)cc3)=NN21. The first-order valence-corrected chi connectivity index (χ1v) is 9.11. The largest absolute Gasteiger partial charge is 0.513 e. The molecular formula is C20H18Cl2N2O2. The molecule has 4 nitrogen and oxygen atoms in total. The summed E-state index contributed by atoms with van der Waals surface area (Å²) in [6.07, 6.45) is 2.39. The lowest BCUT2D eigenvalue weighted by Gasteiger charge is -2.44. The maximum atomic E-state index is 9.87. The molecule has 0 aliphatic carbocycles. The van der Waals surface area contributed by atoms with Gasteiger partial charge < -0.3 is 9.84 Å². The zero-order valence-electron chi connectivity index (χ0n) is 14.4. The maximum Gasteiger partial charge on any atom is 0.218 e. The molecule has 2 aliphatic heterocycles. The van der Waals surface area contributed by atoms with Gasteiger partial charge in [-0.15, -0.1) is 0 Å². The fourth-order valence-electron chi connectivity index (χ4n) is 3.60. The average Bonchev–Trinajstić information content (AvgIpc) is 3.02. The number of fused-ring (bicyclic) bond motifs is 3. The van der Waals surface area contributed by atoms with E-state index in [9.17, 15) is 5.11 Å². The number of halogens is 2. The van der Waals surface area contributed by atoms with Gasteiger partial charge in [-0.25, -0.2) is 5.01 Å². The summed E-state index contributed by atoms with van der Waals surface area (Å²) in [5, 5.41) is 17.9. The van der Waals surface area contributed by atoms with Crippen molar-refractivity contribution in [1.29, 1.82) is 0 Å². The summed E-state index contributed by atoms with van der Waals surface area (Å²) in [5.74, 6) is 0.932. The van der Waals surface area contributed by atoms with Crippen LogP contribution in [0.3, 0.4) is 0 Å². The second-order valence-electron chi connectivity index (χ2n) is 6.74. The van der Waals surface area contributed by atoms with Crippen LogP contribution in [0.25, 0.3) is 0 Å². The Kier molecular flexibility index (Phi) is 4.13. The van der Waals surface area contributed by atoms with Gasteiger partial charge in [-0.2, -0.15) is 5.10 Å². The summed E-state index contributed by atoms with van der Waals surface area (Å²) in [7, 11) is 0. The standard InChI is InChI=1S/C20H18Cl2N2O2/c1-12(25)11-20(2)24-18(16-9-15(22)7-8-19(16)26-20)10-17(23-24)13-3-5-14(21)6-4-13/h3-9,11,18,25H,10H2,1-2H3. The number of rotatable bonds is 2. The van der Waals surface area contributed by atoms with Gasteiger partial charge >= 0.3 is 0 Å². The highest BCUT2D eigenvalue weighted by Gasteiger charge is 2.46. The Morgan fingerprint density at radius 1 is 1.23 bits per heavy atom. The molecule has 6 heteroatoms. The van der Waals surface area contributed by atoms with Crippen LogP contribution in [0.2, 0.25) is 10.0 Å². The van der Waals surface area contributed by atoms with E-state index in [1.54, 1.807) is 13.0 Å². The van der Waals surface area contributed by atoms with E-state index in [4.69, 9.17) is 33.0 Å². The third-order valence-corrected chi connectivity index (χ3v) is 5.15. The molecule has 2 aliphatic rings. The van der Waals surface area contributed by atoms with Crippen LogP contribution < -0.4 is 4.74 Å². The smallest absolute Gasteiger partial charge is 0.218 e. The molecule has 0 amide bonds. The summed E-state index contributed by atoms with van der Waals surface area (Å²) in [6.45, 7) is 3.52. The molecule has 1 N–H and O–H groups in total. The molecular weight excluding hydrogens is 371 g/mol. The van der Waals surface area contributed by atoms with Gasteiger partial charge in [0.1, 0.15) is 5.75 Å². The van der Waals surface area contributed by atoms with Crippen molar-refractivity contribution in [3.63, 3.8) is 0 Å². The molecule has 0 aromatic heterocycles.